The number of hydrogen-bond donors (Lipinski definition) is 0. The quantitative estimate of drug-likeness (QED) is 0.222. The van der Waals surface area contributed by atoms with Crippen molar-refractivity contribution < 1.29 is 19.1 Å². The second kappa shape index (κ2) is 6.67. The van der Waals surface area contributed by atoms with Gasteiger partial charge in [-0.1, -0.05) is 6.08 Å². The van der Waals surface area contributed by atoms with Crippen LogP contribution in [0.4, 0.5) is 0 Å². The van der Waals surface area contributed by atoms with Crippen LogP contribution in [0.15, 0.2) is 17.8 Å². The average molecular weight is 242 g/mol. The molecule has 0 aliphatic rings. The van der Waals surface area contributed by atoms with Crippen LogP contribution in [0, 0.1) is 5.41 Å². The Balaban J connectivity index is 5.46. The van der Waals surface area contributed by atoms with Gasteiger partial charge in [-0.25, -0.2) is 0 Å². The van der Waals surface area contributed by atoms with Crippen LogP contribution in [0.25, 0.3) is 0 Å². The molecule has 0 unspecified atom stereocenters. The number of allylic oxidation sites excluding steroid dienone is 1. The molecule has 6 heteroatoms. The predicted octanol–water partition coefficient (Wildman–Crippen LogP) is 0.442. The largest absolute Gasteiger partial charge is 0.468 e. The molecule has 0 atom stereocenters. The van der Waals surface area contributed by atoms with Crippen LogP contribution in [0.3, 0.4) is 0 Å². The zero-order valence-corrected chi connectivity index (χ0v) is 10.6. The lowest BCUT2D eigenvalue weighted by Crippen LogP contribution is -2.42. The van der Waals surface area contributed by atoms with Crippen molar-refractivity contribution in [2.45, 2.75) is 6.42 Å². The summed E-state index contributed by atoms with van der Waals surface area (Å²) in [6, 6.07) is 0. The number of methoxy groups -OCH3 is 2. The second-order valence-electron chi connectivity index (χ2n) is 3.54. The van der Waals surface area contributed by atoms with E-state index in [0.717, 1.165) is 0 Å². The van der Waals surface area contributed by atoms with Crippen molar-refractivity contribution in [1.29, 1.82) is 0 Å². The number of nitrogens with zero attached hydrogens (tertiary/aromatic N) is 2. The Kier molecular flexibility index (Phi) is 5.95. The fraction of sp³-hybridized carbons (Fsp3) is 0.545. The number of carbonyl (C=O) groups is 2. The summed E-state index contributed by atoms with van der Waals surface area (Å²) >= 11 is 0. The highest BCUT2D eigenvalue weighted by molar-refractivity contribution is 6.14. The Labute approximate surface area is 101 Å². The summed E-state index contributed by atoms with van der Waals surface area (Å²) in [5.74, 6) is -1.45. The van der Waals surface area contributed by atoms with E-state index in [2.05, 4.69) is 21.2 Å². The third kappa shape index (κ3) is 3.58. The Bertz CT molecular complexity index is 307. The predicted molar refractivity (Wildman–Crippen MR) is 63.5 cm³/mol. The van der Waals surface area contributed by atoms with E-state index >= 15 is 0 Å². The van der Waals surface area contributed by atoms with E-state index in [0.29, 0.717) is 0 Å². The van der Waals surface area contributed by atoms with Gasteiger partial charge in [0.1, 0.15) is 0 Å². The lowest BCUT2D eigenvalue weighted by Gasteiger charge is -2.23. The molecule has 0 rings (SSSR count). The monoisotopic (exact) mass is 242 g/mol. The highest BCUT2D eigenvalue weighted by atomic mass is 16.5. The van der Waals surface area contributed by atoms with Crippen LogP contribution in [-0.2, 0) is 19.1 Å². The van der Waals surface area contributed by atoms with Gasteiger partial charge < -0.3 is 14.5 Å². The summed E-state index contributed by atoms with van der Waals surface area (Å²) in [6.45, 7) is 3.52. The molecule has 0 radical (unpaired) electrons. The molecule has 17 heavy (non-hydrogen) atoms. The van der Waals surface area contributed by atoms with E-state index in [1.54, 1.807) is 14.1 Å². The third-order valence-electron chi connectivity index (χ3n) is 2.07. The molecule has 0 saturated carbocycles. The van der Waals surface area contributed by atoms with E-state index in [1.807, 2.05) is 0 Å². The van der Waals surface area contributed by atoms with Crippen LogP contribution < -0.4 is 0 Å². The lowest BCUT2D eigenvalue weighted by molar-refractivity contribution is -0.162. The molecule has 0 bridgehead atoms. The number of hydrazone groups is 1. The Morgan fingerprint density at radius 3 is 2.06 bits per heavy atom. The molecule has 0 aromatic carbocycles. The summed E-state index contributed by atoms with van der Waals surface area (Å²) < 4.78 is 9.25. The van der Waals surface area contributed by atoms with Gasteiger partial charge in [0.15, 0.2) is 0 Å². The number of hydrogen-bond acceptors (Lipinski definition) is 6. The van der Waals surface area contributed by atoms with E-state index in [4.69, 9.17) is 0 Å². The standard InChI is InChI=1S/C11H18N2O4/c1-6-7-11(9(14)16-4,10(15)17-5)8-12-13(2)3/h6,8H,1,7H2,2-5H3/b12-8+. The molecule has 6 nitrogen and oxygen atoms in total. The molecule has 0 aromatic heterocycles. The van der Waals surface area contributed by atoms with Crippen molar-refractivity contribution >= 4 is 18.2 Å². The first-order chi connectivity index (χ1) is 7.94. The van der Waals surface area contributed by atoms with E-state index in [1.165, 1.54) is 31.5 Å². The first-order valence-electron chi connectivity index (χ1n) is 4.94. The number of esters is 2. The summed E-state index contributed by atoms with van der Waals surface area (Å²) in [7, 11) is 5.74. The minimum absolute atomic E-state index is 0.0592. The molecule has 0 amide bonds. The molecule has 96 valence electrons. The van der Waals surface area contributed by atoms with Crippen molar-refractivity contribution in [3.63, 3.8) is 0 Å². The SMILES string of the molecule is C=CCC(/C=N/N(C)C)(C(=O)OC)C(=O)OC. The summed E-state index contributed by atoms with van der Waals surface area (Å²) in [4.78, 5) is 23.5. The van der Waals surface area contributed by atoms with Gasteiger partial charge in [0, 0.05) is 14.1 Å². The van der Waals surface area contributed by atoms with E-state index in [-0.39, 0.29) is 6.42 Å². The Hall–Kier alpha value is -1.85. The summed E-state index contributed by atoms with van der Waals surface area (Å²) in [5.41, 5.74) is -1.57. The van der Waals surface area contributed by atoms with Crippen molar-refractivity contribution in [1.82, 2.24) is 5.01 Å². The number of ether oxygens (including phenoxy) is 2. The van der Waals surface area contributed by atoms with Gasteiger partial charge in [-0.05, 0) is 6.42 Å². The molecule has 0 heterocycles. The zero-order chi connectivity index (χ0) is 13.5. The van der Waals surface area contributed by atoms with Gasteiger partial charge >= 0.3 is 11.9 Å². The van der Waals surface area contributed by atoms with Gasteiger partial charge in [-0.2, -0.15) is 5.10 Å². The van der Waals surface area contributed by atoms with Crippen LogP contribution in [-0.4, -0.2) is 51.5 Å². The number of carbonyl (C=O) groups excluding carboxylic acids is 2. The summed E-state index contributed by atoms with van der Waals surface area (Å²) in [6.07, 6.45) is 2.71. The van der Waals surface area contributed by atoms with Gasteiger partial charge in [0.25, 0.3) is 0 Å². The maximum absolute atomic E-state index is 11.8. The fourth-order valence-corrected chi connectivity index (χ4v) is 1.21. The first kappa shape index (κ1) is 15.2. The van der Waals surface area contributed by atoms with Gasteiger partial charge in [0.05, 0.1) is 20.4 Å². The summed E-state index contributed by atoms with van der Waals surface area (Å²) in [5, 5.41) is 5.37. The van der Waals surface area contributed by atoms with Crippen molar-refractivity contribution in [3.8, 4) is 0 Å². The zero-order valence-electron chi connectivity index (χ0n) is 10.6. The Morgan fingerprint density at radius 2 is 1.76 bits per heavy atom. The highest BCUT2D eigenvalue weighted by Crippen LogP contribution is 2.24. The molecule has 0 spiro atoms. The topological polar surface area (TPSA) is 68.2 Å². The molecular weight excluding hydrogens is 224 g/mol. The molecule has 0 fully saturated rings. The van der Waals surface area contributed by atoms with Crippen LogP contribution in [0.5, 0.6) is 0 Å². The van der Waals surface area contributed by atoms with Gasteiger partial charge in [-0.15, -0.1) is 6.58 Å². The lowest BCUT2D eigenvalue weighted by atomic mass is 9.86. The van der Waals surface area contributed by atoms with E-state index in [9.17, 15) is 9.59 Å². The normalized spacial score (nSPS) is 11.1. The average Bonchev–Trinajstić information content (AvgIpc) is 2.32. The van der Waals surface area contributed by atoms with Gasteiger partial charge in [-0.3, -0.25) is 9.59 Å². The first-order valence-corrected chi connectivity index (χ1v) is 4.94. The minimum atomic E-state index is -1.57. The van der Waals surface area contributed by atoms with Crippen molar-refractivity contribution in [2.24, 2.45) is 10.5 Å². The molecule has 0 N–H and O–H groups in total. The second-order valence-corrected chi connectivity index (χ2v) is 3.54. The van der Waals surface area contributed by atoms with Crippen LogP contribution >= 0.6 is 0 Å². The van der Waals surface area contributed by atoms with Crippen LogP contribution in [0.1, 0.15) is 6.42 Å². The third-order valence-corrected chi connectivity index (χ3v) is 2.07. The molecule has 0 aromatic rings. The van der Waals surface area contributed by atoms with Gasteiger partial charge in [0.2, 0.25) is 5.41 Å². The van der Waals surface area contributed by atoms with Crippen LogP contribution in [0.2, 0.25) is 0 Å². The van der Waals surface area contributed by atoms with Crippen molar-refractivity contribution in [3.05, 3.63) is 12.7 Å². The highest BCUT2D eigenvalue weighted by Gasteiger charge is 2.46. The smallest absolute Gasteiger partial charge is 0.329 e. The maximum Gasteiger partial charge on any atom is 0.329 e. The van der Waals surface area contributed by atoms with E-state index < -0.39 is 17.4 Å². The molecule has 0 aliphatic heterocycles. The van der Waals surface area contributed by atoms with Crippen molar-refractivity contribution in [2.75, 3.05) is 28.3 Å². The fourth-order valence-electron chi connectivity index (χ4n) is 1.21. The number of rotatable bonds is 6. The molecule has 0 aliphatic carbocycles. The Morgan fingerprint density at radius 1 is 1.29 bits per heavy atom. The maximum atomic E-state index is 11.8. The molecular formula is C11H18N2O4. The molecule has 0 saturated heterocycles. The minimum Gasteiger partial charge on any atom is -0.468 e.